The second-order valence-corrected chi connectivity index (χ2v) is 6.29. The fourth-order valence-electron chi connectivity index (χ4n) is 2.80. The molecule has 3 heteroatoms. The summed E-state index contributed by atoms with van der Waals surface area (Å²) in [6.45, 7) is 2.22. The summed E-state index contributed by atoms with van der Waals surface area (Å²) in [6, 6.07) is 7.95. The molecule has 1 saturated carbocycles. The number of hydrogen-bond acceptors (Lipinski definition) is 2. The highest BCUT2D eigenvalue weighted by atomic mass is 32.2. The van der Waals surface area contributed by atoms with Crippen molar-refractivity contribution in [2.45, 2.75) is 49.9 Å². The summed E-state index contributed by atoms with van der Waals surface area (Å²) in [5, 5.41) is 4.49. The van der Waals surface area contributed by atoms with Crippen LogP contribution in [0.15, 0.2) is 24.3 Å². The van der Waals surface area contributed by atoms with E-state index in [0.29, 0.717) is 12.1 Å². The van der Waals surface area contributed by atoms with Gasteiger partial charge in [-0.05, 0) is 50.1 Å². The summed E-state index contributed by atoms with van der Waals surface area (Å²) < 4.78 is 12.8. The van der Waals surface area contributed by atoms with E-state index in [9.17, 15) is 4.39 Å². The molecule has 0 aromatic heterocycles. The molecule has 0 amide bonds. The first-order chi connectivity index (χ1) is 8.69. The third kappa shape index (κ3) is 3.72. The Hall–Kier alpha value is -0.540. The fraction of sp³-hybridized carbons (Fsp3) is 0.600. The molecule has 3 unspecified atom stereocenters. The standard InChI is InChI=1S/C15H22FNS/c1-11(10-12-6-8-13(16)9-7-12)17-14-4-3-5-15(14)18-2/h6-9,11,14-15,17H,3-5,10H2,1-2H3. The van der Waals surface area contributed by atoms with Gasteiger partial charge in [0.1, 0.15) is 5.82 Å². The van der Waals surface area contributed by atoms with Crippen molar-refractivity contribution >= 4 is 11.8 Å². The molecule has 0 spiro atoms. The summed E-state index contributed by atoms with van der Waals surface area (Å²) >= 11 is 1.98. The molecule has 1 fully saturated rings. The molecule has 3 atom stereocenters. The summed E-state index contributed by atoms with van der Waals surface area (Å²) in [4.78, 5) is 0. The van der Waals surface area contributed by atoms with Crippen LogP contribution >= 0.6 is 11.8 Å². The Morgan fingerprint density at radius 3 is 2.72 bits per heavy atom. The molecule has 0 bridgehead atoms. The highest BCUT2D eigenvalue weighted by molar-refractivity contribution is 7.99. The summed E-state index contributed by atoms with van der Waals surface area (Å²) in [5.41, 5.74) is 1.20. The molecular formula is C15H22FNS. The zero-order valence-electron chi connectivity index (χ0n) is 11.2. The van der Waals surface area contributed by atoms with Gasteiger partial charge in [0.25, 0.3) is 0 Å². The third-order valence-corrected chi connectivity index (χ3v) is 4.88. The van der Waals surface area contributed by atoms with Crippen molar-refractivity contribution in [1.29, 1.82) is 0 Å². The molecule has 0 heterocycles. The van der Waals surface area contributed by atoms with E-state index in [4.69, 9.17) is 0 Å². The summed E-state index contributed by atoms with van der Waals surface area (Å²) in [5.74, 6) is -0.155. The SMILES string of the molecule is CSC1CCCC1NC(C)Cc1ccc(F)cc1. The van der Waals surface area contributed by atoms with E-state index in [1.807, 2.05) is 23.9 Å². The molecule has 0 saturated heterocycles. The van der Waals surface area contributed by atoms with Crippen molar-refractivity contribution in [1.82, 2.24) is 5.32 Å². The Kier molecular flexibility index (Phi) is 5.07. The first kappa shape index (κ1) is 13.9. The monoisotopic (exact) mass is 267 g/mol. The minimum atomic E-state index is -0.155. The molecule has 0 radical (unpaired) electrons. The van der Waals surface area contributed by atoms with E-state index < -0.39 is 0 Å². The quantitative estimate of drug-likeness (QED) is 0.874. The maximum absolute atomic E-state index is 12.8. The zero-order valence-corrected chi connectivity index (χ0v) is 12.0. The maximum atomic E-state index is 12.8. The fourth-order valence-corrected chi connectivity index (χ4v) is 3.74. The molecule has 1 aromatic carbocycles. The van der Waals surface area contributed by atoms with Crippen LogP contribution < -0.4 is 5.32 Å². The van der Waals surface area contributed by atoms with Crippen molar-refractivity contribution in [3.8, 4) is 0 Å². The van der Waals surface area contributed by atoms with Gasteiger partial charge in [0.15, 0.2) is 0 Å². The van der Waals surface area contributed by atoms with Gasteiger partial charge in [0.05, 0.1) is 0 Å². The van der Waals surface area contributed by atoms with E-state index in [-0.39, 0.29) is 5.82 Å². The molecule has 18 heavy (non-hydrogen) atoms. The lowest BCUT2D eigenvalue weighted by molar-refractivity contribution is 0.453. The van der Waals surface area contributed by atoms with Crippen LogP contribution in [0.4, 0.5) is 4.39 Å². The number of hydrogen-bond donors (Lipinski definition) is 1. The summed E-state index contributed by atoms with van der Waals surface area (Å²) in [7, 11) is 0. The number of thioether (sulfide) groups is 1. The lowest BCUT2D eigenvalue weighted by atomic mass is 10.1. The Bertz CT molecular complexity index is 365. The Morgan fingerprint density at radius 1 is 1.33 bits per heavy atom. The van der Waals surface area contributed by atoms with E-state index in [1.165, 1.54) is 24.8 Å². The number of halogens is 1. The minimum absolute atomic E-state index is 0.155. The molecule has 1 nitrogen and oxygen atoms in total. The molecule has 1 aliphatic rings. The highest BCUT2D eigenvalue weighted by Gasteiger charge is 2.27. The average molecular weight is 267 g/mol. The van der Waals surface area contributed by atoms with Crippen LogP contribution in [0.1, 0.15) is 31.7 Å². The van der Waals surface area contributed by atoms with Crippen LogP contribution in [0, 0.1) is 5.82 Å². The minimum Gasteiger partial charge on any atom is -0.310 e. The second kappa shape index (κ2) is 6.58. The summed E-state index contributed by atoms with van der Waals surface area (Å²) in [6.07, 6.45) is 7.14. The zero-order chi connectivity index (χ0) is 13.0. The number of benzene rings is 1. The molecule has 1 aromatic rings. The number of rotatable bonds is 5. The molecular weight excluding hydrogens is 245 g/mol. The van der Waals surface area contributed by atoms with E-state index >= 15 is 0 Å². The van der Waals surface area contributed by atoms with Crippen molar-refractivity contribution in [3.63, 3.8) is 0 Å². The van der Waals surface area contributed by atoms with Crippen LogP contribution in [0.25, 0.3) is 0 Å². The van der Waals surface area contributed by atoms with Crippen LogP contribution in [-0.4, -0.2) is 23.6 Å². The van der Waals surface area contributed by atoms with Gasteiger partial charge >= 0.3 is 0 Å². The van der Waals surface area contributed by atoms with Gasteiger partial charge in [0.2, 0.25) is 0 Å². The first-order valence-electron chi connectivity index (χ1n) is 6.72. The van der Waals surface area contributed by atoms with Gasteiger partial charge in [-0.1, -0.05) is 18.6 Å². The van der Waals surface area contributed by atoms with E-state index in [0.717, 1.165) is 11.7 Å². The predicted octanol–water partition coefficient (Wildman–Crippen LogP) is 3.63. The lowest BCUT2D eigenvalue weighted by Crippen LogP contribution is -2.41. The van der Waals surface area contributed by atoms with Crippen LogP contribution in [0.3, 0.4) is 0 Å². The van der Waals surface area contributed by atoms with Crippen LogP contribution in [0.2, 0.25) is 0 Å². The van der Waals surface area contributed by atoms with Gasteiger partial charge in [-0.25, -0.2) is 4.39 Å². The second-order valence-electron chi connectivity index (χ2n) is 5.21. The van der Waals surface area contributed by atoms with Crippen molar-refractivity contribution in [2.24, 2.45) is 0 Å². The highest BCUT2D eigenvalue weighted by Crippen LogP contribution is 2.28. The number of nitrogens with one attached hydrogen (secondary N) is 1. The van der Waals surface area contributed by atoms with E-state index in [1.54, 1.807) is 12.1 Å². The topological polar surface area (TPSA) is 12.0 Å². The Balaban J connectivity index is 1.84. The third-order valence-electron chi connectivity index (χ3n) is 3.71. The molecule has 0 aliphatic heterocycles. The van der Waals surface area contributed by atoms with Crippen molar-refractivity contribution in [2.75, 3.05) is 6.26 Å². The smallest absolute Gasteiger partial charge is 0.123 e. The lowest BCUT2D eigenvalue weighted by Gasteiger charge is -2.24. The van der Waals surface area contributed by atoms with Gasteiger partial charge in [0, 0.05) is 17.3 Å². The molecule has 1 aliphatic carbocycles. The van der Waals surface area contributed by atoms with Gasteiger partial charge in [-0.2, -0.15) is 11.8 Å². The Labute approximate surface area is 114 Å². The van der Waals surface area contributed by atoms with E-state index in [2.05, 4.69) is 18.5 Å². The Morgan fingerprint density at radius 2 is 2.06 bits per heavy atom. The maximum Gasteiger partial charge on any atom is 0.123 e. The predicted molar refractivity (Wildman–Crippen MR) is 77.6 cm³/mol. The van der Waals surface area contributed by atoms with Crippen molar-refractivity contribution in [3.05, 3.63) is 35.6 Å². The molecule has 1 N–H and O–H groups in total. The van der Waals surface area contributed by atoms with Crippen LogP contribution in [-0.2, 0) is 6.42 Å². The largest absolute Gasteiger partial charge is 0.310 e. The van der Waals surface area contributed by atoms with Gasteiger partial charge in [-0.3, -0.25) is 0 Å². The van der Waals surface area contributed by atoms with Crippen LogP contribution in [0.5, 0.6) is 0 Å². The first-order valence-corrected chi connectivity index (χ1v) is 8.01. The van der Waals surface area contributed by atoms with Crippen molar-refractivity contribution < 1.29 is 4.39 Å². The normalized spacial score (nSPS) is 25.3. The molecule has 2 rings (SSSR count). The molecule has 100 valence electrons. The van der Waals surface area contributed by atoms with Gasteiger partial charge in [-0.15, -0.1) is 0 Å². The average Bonchev–Trinajstić information content (AvgIpc) is 2.79. The van der Waals surface area contributed by atoms with Gasteiger partial charge < -0.3 is 5.32 Å².